The van der Waals surface area contributed by atoms with Gasteiger partial charge in [0, 0.05) is 48.0 Å². The first-order chi connectivity index (χ1) is 18.8. The summed E-state index contributed by atoms with van der Waals surface area (Å²) in [6, 6.07) is 14.6. The van der Waals surface area contributed by atoms with E-state index in [2.05, 4.69) is 25.9 Å². The Bertz CT molecular complexity index is 1440. The number of benzene rings is 2. The number of nitrogens with one attached hydrogen (secondary N) is 3. The third kappa shape index (κ3) is 6.21. The number of aliphatic hydroxyl groups excluding tert-OH is 1. The predicted octanol–water partition coefficient (Wildman–Crippen LogP) is 5.29. The molecule has 0 amide bonds. The van der Waals surface area contributed by atoms with Crippen LogP contribution in [-0.4, -0.2) is 58.0 Å². The minimum atomic E-state index is -4.71. The highest BCUT2D eigenvalue weighted by Gasteiger charge is 2.38. The molecular weight excluding hydrogens is 509 g/mol. The second kappa shape index (κ2) is 11.4. The van der Waals surface area contributed by atoms with Gasteiger partial charge in [0.15, 0.2) is 6.10 Å². The van der Waals surface area contributed by atoms with Crippen LogP contribution >= 0.6 is 0 Å². The fourth-order valence-corrected chi connectivity index (χ4v) is 4.59. The molecule has 4 aromatic rings. The van der Waals surface area contributed by atoms with Gasteiger partial charge in [0.05, 0.1) is 11.3 Å². The molecule has 8 nitrogen and oxygen atoms in total. The second-order valence-corrected chi connectivity index (χ2v) is 9.47. The molecule has 1 aliphatic rings. The van der Waals surface area contributed by atoms with Gasteiger partial charge in [-0.2, -0.15) is 13.2 Å². The summed E-state index contributed by atoms with van der Waals surface area (Å²) in [6.07, 6.45) is -1.76. The summed E-state index contributed by atoms with van der Waals surface area (Å²) < 4.78 is 44.9. The number of hydrogen-bond donors (Lipinski definition) is 4. The van der Waals surface area contributed by atoms with Crippen molar-refractivity contribution in [2.75, 3.05) is 30.3 Å². The van der Waals surface area contributed by atoms with Crippen LogP contribution in [0, 0.1) is 6.92 Å². The van der Waals surface area contributed by atoms with Crippen LogP contribution in [0.1, 0.15) is 18.4 Å². The highest BCUT2D eigenvalue weighted by atomic mass is 19.4. The lowest BCUT2D eigenvalue weighted by molar-refractivity contribution is -0.198. The van der Waals surface area contributed by atoms with E-state index in [1.165, 1.54) is 0 Å². The van der Waals surface area contributed by atoms with Gasteiger partial charge in [-0.05, 0) is 56.1 Å². The third-order valence-corrected chi connectivity index (χ3v) is 6.58. The molecule has 11 heteroatoms. The summed E-state index contributed by atoms with van der Waals surface area (Å²) in [4.78, 5) is 13.5. The highest BCUT2D eigenvalue weighted by molar-refractivity contribution is 5.99. The first-order valence-corrected chi connectivity index (χ1v) is 12.7. The number of aromatic nitrogens is 3. The monoisotopic (exact) mass is 538 g/mol. The molecule has 1 fully saturated rings. The van der Waals surface area contributed by atoms with Crippen LogP contribution in [-0.2, 0) is 0 Å². The van der Waals surface area contributed by atoms with E-state index in [-0.39, 0.29) is 6.04 Å². The van der Waals surface area contributed by atoms with E-state index in [4.69, 9.17) is 9.72 Å². The smallest absolute Gasteiger partial charge is 0.416 e. The Labute approximate surface area is 223 Å². The van der Waals surface area contributed by atoms with Crippen LogP contribution in [0.3, 0.4) is 0 Å². The van der Waals surface area contributed by atoms with Crippen molar-refractivity contribution in [3.8, 4) is 22.9 Å². The van der Waals surface area contributed by atoms with Crippen LogP contribution in [0.2, 0.25) is 0 Å². The zero-order valence-electron chi connectivity index (χ0n) is 21.3. The molecule has 0 radical (unpaired) electrons. The van der Waals surface area contributed by atoms with E-state index in [0.29, 0.717) is 50.9 Å². The van der Waals surface area contributed by atoms with Crippen LogP contribution < -0.4 is 20.7 Å². The number of alkyl halides is 3. The molecule has 2 unspecified atom stereocenters. The molecule has 2 atom stereocenters. The average Bonchev–Trinajstić information content (AvgIpc) is 2.94. The van der Waals surface area contributed by atoms with Gasteiger partial charge >= 0.3 is 6.18 Å². The number of rotatable bonds is 8. The molecule has 1 saturated heterocycles. The molecule has 39 heavy (non-hydrogen) atoms. The average molecular weight is 539 g/mol. The van der Waals surface area contributed by atoms with Crippen molar-refractivity contribution >= 4 is 22.4 Å². The van der Waals surface area contributed by atoms with E-state index >= 15 is 0 Å². The molecule has 3 heterocycles. The summed E-state index contributed by atoms with van der Waals surface area (Å²) >= 11 is 0. The number of anilines is 2. The molecular formula is C28H29F3N6O2. The number of halogens is 3. The summed E-state index contributed by atoms with van der Waals surface area (Å²) in [5, 5.41) is 20.3. The number of ether oxygens (including phenoxy) is 1. The maximum atomic E-state index is 12.8. The van der Waals surface area contributed by atoms with Crippen molar-refractivity contribution in [2.24, 2.45) is 0 Å². The lowest BCUT2D eigenvalue weighted by Gasteiger charge is -2.23. The number of pyridine rings is 1. The molecule has 0 aliphatic carbocycles. The lowest BCUT2D eigenvalue weighted by atomic mass is 10.0. The zero-order valence-corrected chi connectivity index (χ0v) is 21.3. The minimum absolute atomic E-state index is 0.247. The van der Waals surface area contributed by atoms with Gasteiger partial charge in [-0.15, -0.1) is 0 Å². The van der Waals surface area contributed by atoms with E-state index < -0.39 is 18.8 Å². The highest BCUT2D eigenvalue weighted by Crippen LogP contribution is 2.39. The largest absolute Gasteiger partial charge is 0.437 e. The maximum Gasteiger partial charge on any atom is 0.416 e. The Morgan fingerprint density at radius 3 is 2.69 bits per heavy atom. The van der Waals surface area contributed by atoms with E-state index in [9.17, 15) is 18.3 Å². The van der Waals surface area contributed by atoms with Crippen molar-refractivity contribution < 1.29 is 23.0 Å². The van der Waals surface area contributed by atoms with Crippen molar-refractivity contribution in [2.45, 2.75) is 38.1 Å². The maximum absolute atomic E-state index is 12.8. The molecule has 0 spiro atoms. The van der Waals surface area contributed by atoms with Gasteiger partial charge in [0.1, 0.15) is 5.75 Å². The summed E-state index contributed by atoms with van der Waals surface area (Å²) in [5.74, 6) is 1.38. The summed E-state index contributed by atoms with van der Waals surface area (Å²) in [6.45, 7) is 3.00. The van der Waals surface area contributed by atoms with Crippen molar-refractivity contribution in [1.29, 1.82) is 0 Å². The van der Waals surface area contributed by atoms with Crippen molar-refractivity contribution in [1.82, 2.24) is 20.3 Å². The first-order valence-electron chi connectivity index (χ1n) is 12.7. The number of hydrogen-bond acceptors (Lipinski definition) is 8. The quantitative estimate of drug-likeness (QED) is 0.240. The standard InChI is InChI=1S/C28H29F3N6O2/c1-17-14-23(35-16-24(38)28(29,30)31)19-7-2-3-8-20(19)25(17)39-26-21(9-5-12-33-26)22-10-13-34-27(37-22)36-18-6-4-11-32-15-18/h2-3,5,7-10,12-14,18,24,32,35,38H,4,6,11,15-16H2,1H3,(H,34,36,37). The number of aliphatic hydroxyl groups is 1. The molecule has 1 aliphatic heterocycles. The van der Waals surface area contributed by atoms with Gasteiger partial charge in [-0.25, -0.2) is 15.0 Å². The van der Waals surface area contributed by atoms with E-state index in [1.807, 2.05) is 18.2 Å². The van der Waals surface area contributed by atoms with Gasteiger partial charge < -0.3 is 25.8 Å². The molecule has 204 valence electrons. The Kier molecular flexibility index (Phi) is 7.80. The summed E-state index contributed by atoms with van der Waals surface area (Å²) in [5.41, 5.74) is 2.46. The Morgan fingerprint density at radius 1 is 1.10 bits per heavy atom. The SMILES string of the molecule is Cc1cc(NCC(O)C(F)(F)F)c2ccccc2c1Oc1ncccc1-c1ccnc(NC2CCCNC2)n1. The van der Waals surface area contributed by atoms with Crippen LogP contribution in [0.5, 0.6) is 11.6 Å². The van der Waals surface area contributed by atoms with Crippen LogP contribution in [0.4, 0.5) is 24.8 Å². The van der Waals surface area contributed by atoms with Gasteiger partial charge in [-0.3, -0.25) is 0 Å². The Balaban J connectivity index is 1.44. The molecule has 5 rings (SSSR count). The summed E-state index contributed by atoms with van der Waals surface area (Å²) in [7, 11) is 0. The normalized spacial score (nSPS) is 16.6. The molecule has 0 saturated carbocycles. The fraction of sp³-hybridized carbons (Fsp3) is 0.321. The Morgan fingerprint density at radius 2 is 1.92 bits per heavy atom. The molecule has 2 aromatic carbocycles. The third-order valence-electron chi connectivity index (χ3n) is 6.58. The number of fused-ring (bicyclic) bond motifs is 1. The van der Waals surface area contributed by atoms with Crippen LogP contribution in [0.25, 0.3) is 22.0 Å². The predicted molar refractivity (Wildman–Crippen MR) is 144 cm³/mol. The second-order valence-electron chi connectivity index (χ2n) is 9.47. The number of piperidine rings is 1. The Hall–Kier alpha value is -3.96. The zero-order chi connectivity index (χ0) is 27.4. The number of aryl methyl sites for hydroxylation is 1. The van der Waals surface area contributed by atoms with Gasteiger partial charge in [0.25, 0.3) is 0 Å². The molecule has 2 aromatic heterocycles. The van der Waals surface area contributed by atoms with Crippen molar-refractivity contribution in [3.63, 3.8) is 0 Å². The van der Waals surface area contributed by atoms with Gasteiger partial charge in [-0.1, -0.05) is 24.3 Å². The first kappa shape index (κ1) is 26.6. The van der Waals surface area contributed by atoms with Crippen LogP contribution in [0.15, 0.2) is 60.9 Å². The minimum Gasteiger partial charge on any atom is -0.437 e. The number of nitrogens with zero attached hydrogens (tertiary/aromatic N) is 3. The van der Waals surface area contributed by atoms with Crippen molar-refractivity contribution in [3.05, 3.63) is 66.5 Å². The molecule has 0 bridgehead atoms. The fourth-order valence-electron chi connectivity index (χ4n) is 4.59. The molecule has 4 N–H and O–H groups in total. The topological polar surface area (TPSA) is 104 Å². The lowest BCUT2D eigenvalue weighted by Crippen LogP contribution is -2.38. The van der Waals surface area contributed by atoms with Gasteiger partial charge in [0.2, 0.25) is 11.8 Å². The van der Waals surface area contributed by atoms with E-state index in [0.717, 1.165) is 25.9 Å². The van der Waals surface area contributed by atoms with E-state index in [1.54, 1.807) is 49.6 Å².